The smallest absolute Gasteiger partial charge is 0.337 e. The van der Waals surface area contributed by atoms with Crippen LogP contribution in [0.5, 0.6) is 5.75 Å². The number of methoxy groups -OCH3 is 1. The van der Waals surface area contributed by atoms with Gasteiger partial charge in [0, 0.05) is 12.4 Å². The van der Waals surface area contributed by atoms with Crippen molar-refractivity contribution in [2.75, 3.05) is 13.7 Å². The summed E-state index contributed by atoms with van der Waals surface area (Å²) >= 11 is 0. The maximum absolute atomic E-state index is 11.3. The number of esters is 1. The summed E-state index contributed by atoms with van der Waals surface area (Å²) in [7, 11) is 1.33. The van der Waals surface area contributed by atoms with Crippen molar-refractivity contribution >= 4 is 5.97 Å². The molecule has 0 saturated carbocycles. The Morgan fingerprint density at radius 2 is 2.15 bits per heavy atom. The Labute approximate surface area is 116 Å². The van der Waals surface area contributed by atoms with Gasteiger partial charge in [-0.25, -0.2) is 9.78 Å². The maximum atomic E-state index is 11.3. The highest BCUT2D eigenvalue weighted by Gasteiger charge is 2.08. The first-order valence-electron chi connectivity index (χ1n) is 6.14. The van der Waals surface area contributed by atoms with Gasteiger partial charge in [-0.15, -0.1) is 0 Å². The number of rotatable bonds is 6. The first kappa shape index (κ1) is 14.1. The van der Waals surface area contributed by atoms with Gasteiger partial charge < -0.3 is 19.1 Å². The molecule has 0 saturated heterocycles. The maximum Gasteiger partial charge on any atom is 0.337 e. The van der Waals surface area contributed by atoms with Crippen molar-refractivity contribution in [2.45, 2.75) is 12.6 Å². The van der Waals surface area contributed by atoms with E-state index in [1.807, 2.05) is 0 Å². The molecule has 6 heteroatoms. The molecule has 0 radical (unpaired) electrons. The van der Waals surface area contributed by atoms with E-state index < -0.39 is 12.1 Å². The SMILES string of the molecule is COC(=O)c1ccc(OCC(O)Cn2ccnc2)cc1. The molecule has 1 aromatic carbocycles. The van der Waals surface area contributed by atoms with Gasteiger partial charge in [-0.3, -0.25) is 0 Å². The molecule has 1 atom stereocenters. The summed E-state index contributed by atoms with van der Waals surface area (Å²) in [5, 5.41) is 9.82. The van der Waals surface area contributed by atoms with Crippen molar-refractivity contribution in [1.82, 2.24) is 9.55 Å². The van der Waals surface area contributed by atoms with Crippen LogP contribution in [-0.2, 0) is 11.3 Å². The lowest BCUT2D eigenvalue weighted by molar-refractivity contribution is 0.0600. The molecule has 6 nitrogen and oxygen atoms in total. The average molecular weight is 276 g/mol. The number of benzene rings is 1. The van der Waals surface area contributed by atoms with Crippen molar-refractivity contribution in [3.05, 3.63) is 48.5 Å². The van der Waals surface area contributed by atoms with Crippen LogP contribution in [0.4, 0.5) is 0 Å². The zero-order chi connectivity index (χ0) is 14.4. The molecule has 0 aliphatic carbocycles. The van der Waals surface area contributed by atoms with Gasteiger partial charge in [0.05, 0.1) is 25.5 Å². The van der Waals surface area contributed by atoms with Crippen LogP contribution < -0.4 is 4.74 Å². The summed E-state index contributed by atoms with van der Waals surface area (Å²) in [5.41, 5.74) is 0.457. The number of carbonyl (C=O) groups excluding carboxylic acids is 1. The Bertz CT molecular complexity index is 537. The van der Waals surface area contributed by atoms with Crippen molar-refractivity contribution in [3.63, 3.8) is 0 Å². The van der Waals surface area contributed by atoms with Crippen LogP contribution in [-0.4, -0.2) is 40.4 Å². The fourth-order valence-corrected chi connectivity index (χ4v) is 1.69. The molecule has 0 aliphatic heterocycles. The summed E-state index contributed by atoms with van der Waals surface area (Å²) in [6.45, 7) is 0.579. The van der Waals surface area contributed by atoms with E-state index in [0.29, 0.717) is 17.9 Å². The first-order valence-corrected chi connectivity index (χ1v) is 6.14. The molecule has 0 aliphatic rings. The van der Waals surface area contributed by atoms with Crippen LogP contribution in [0.25, 0.3) is 0 Å². The molecule has 0 amide bonds. The third kappa shape index (κ3) is 3.83. The lowest BCUT2D eigenvalue weighted by atomic mass is 10.2. The van der Waals surface area contributed by atoms with E-state index in [4.69, 9.17) is 4.74 Å². The first-order chi connectivity index (χ1) is 9.69. The predicted molar refractivity (Wildman–Crippen MR) is 71.5 cm³/mol. The van der Waals surface area contributed by atoms with Gasteiger partial charge in [-0.2, -0.15) is 0 Å². The van der Waals surface area contributed by atoms with E-state index in [1.54, 1.807) is 47.6 Å². The van der Waals surface area contributed by atoms with Gasteiger partial charge in [0.15, 0.2) is 0 Å². The largest absolute Gasteiger partial charge is 0.491 e. The fourth-order valence-electron chi connectivity index (χ4n) is 1.69. The van der Waals surface area contributed by atoms with Gasteiger partial charge in [0.2, 0.25) is 0 Å². The van der Waals surface area contributed by atoms with Crippen LogP contribution in [0, 0.1) is 0 Å². The number of aliphatic hydroxyl groups is 1. The number of hydrogen-bond acceptors (Lipinski definition) is 5. The number of aromatic nitrogens is 2. The van der Waals surface area contributed by atoms with E-state index >= 15 is 0 Å². The standard InChI is InChI=1S/C14H16N2O4/c1-19-14(18)11-2-4-13(5-3-11)20-9-12(17)8-16-7-6-15-10-16/h2-7,10,12,17H,8-9H2,1H3. The molecule has 0 spiro atoms. The molecular formula is C14H16N2O4. The Morgan fingerprint density at radius 3 is 2.75 bits per heavy atom. The minimum Gasteiger partial charge on any atom is -0.491 e. The summed E-state index contributed by atoms with van der Waals surface area (Å²) in [5.74, 6) is 0.194. The number of imidazole rings is 1. The van der Waals surface area contributed by atoms with Crippen LogP contribution >= 0.6 is 0 Å². The molecule has 106 valence electrons. The second kappa shape index (κ2) is 6.72. The Balaban J connectivity index is 1.83. The third-order valence-corrected chi connectivity index (χ3v) is 2.70. The van der Waals surface area contributed by atoms with Crippen LogP contribution in [0.2, 0.25) is 0 Å². The second-order valence-electron chi connectivity index (χ2n) is 4.24. The molecular weight excluding hydrogens is 260 g/mol. The molecule has 2 rings (SSSR count). The normalized spacial score (nSPS) is 11.9. The Morgan fingerprint density at radius 1 is 1.40 bits per heavy atom. The number of hydrogen-bond donors (Lipinski definition) is 1. The van der Waals surface area contributed by atoms with Crippen molar-refractivity contribution in [3.8, 4) is 5.75 Å². The minimum absolute atomic E-state index is 0.162. The van der Waals surface area contributed by atoms with Crippen molar-refractivity contribution in [2.24, 2.45) is 0 Å². The van der Waals surface area contributed by atoms with Crippen molar-refractivity contribution < 1.29 is 19.4 Å². The van der Waals surface area contributed by atoms with Gasteiger partial charge in [0.1, 0.15) is 18.5 Å². The van der Waals surface area contributed by atoms with Crippen LogP contribution in [0.1, 0.15) is 10.4 Å². The Hall–Kier alpha value is -2.34. The monoisotopic (exact) mass is 276 g/mol. The second-order valence-corrected chi connectivity index (χ2v) is 4.24. The van der Waals surface area contributed by atoms with Crippen LogP contribution in [0.3, 0.4) is 0 Å². The van der Waals surface area contributed by atoms with E-state index in [1.165, 1.54) is 7.11 Å². The Kier molecular flexibility index (Phi) is 4.73. The van der Waals surface area contributed by atoms with E-state index in [2.05, 4.69) is 9.72 Å². The quantitative estimate of drug-likeness (QED) is 0.800. The minimum atomic E-state index is -0.635. The highest BCUT2D eigenvalue weighted by atomic mass is 16.5. The topological polar surface area (TPSA) is 73.6 Å². The highest BCUT2D eigenvalue weighted by Crippen LogP contribution is 2.13. The molecule has 20 heavy (non-hydrogen) atoms. The summed E-state index contributed by atoms with van der Waals surface area (Å²) < 4.78 is 11.8. The third-order valence-electron chi connectivity index (χ3n) is 2.70. The zero-order valence-corrected chi connectivity index (χ0v) is 11.1. The number of nitrogens with zero attached hydrogens (tertiary/aromatic N) is 2. The number of carbonyl (C=O) groups is 1. The van der Waals surface area contributed by atoms with Gasteiger partial charge >= 0.3 is 5.97 Å². The average Bonchev–Trinajstić information content (AvgIpc) is 2.97. The number of aliphatic hydroxyl groups excluding tert-OH is 1. The summed E-state index contributed by atoms with van der Waals surface area (Å²) in [4.78, 5) is 15.2. The lowest BCUT2D eigenvalue weighted by Gasteiger charge is -2.13. The molecule has 1 unspecified atom stereocenters. The van der Waals surface area contributed by atoms with Gasteiger partial charge in [-0.1, -0.05) is 0 Å². The molecule has 2 aromatic rings. The highest BCUT2D eigenvalue weighted by molar-refractivity contribution is 5.89. The van der Waals surface area contributed by atoms with Crippen molar-refractivity contribution in [1.29, 1.82) is 0 Å². The van der Waals surface area contributed by atoms with E-state index in [0.717, 1.165) is 0 Å². The lowest BCUT2D eigenvalue weighted by Crippen LogP contribution is -2.23. The molecule has 1 heterocycles. The number of ether oxygens (including phenoxy) is 2. The van der Waals surface area contributed by atoms with E-state index in [9.17, 15) is 9.90 Å². The molecule has 0 fully saturated rings. The fraction of sp³-hybridized carbons (Fsp3) is 0.286. The van der Waals surface area contributed by atoms with Gasteiger partial charge in [0.25, 0.3) is 0 Å². The van der Waals surface area contributed by atoms with E-state index in [-0.39, 0.29) is 6.61 Å². The molecule has 0 bridgehead atoms. The molecule has 1 aromatic heterocycles. The summed E-state index contributed by atoms with van der Waals surface area (Å²) in [6.07, 6.45) is 4.42. The van der Waals surface area contributed by atoms with Crippen LogP contribution in [0.15, 0.2) is 43.0 Å². The zero-order valence-electron chi connectivity index (χ0n) is 11.1. The van der Waals surface area contributed by atoms with Gasteiger partial charge in [-0.05, 0) is 24.3 Å². The summed E-state index contributed by atoms with van der Waals surface area (Å²) in [6, 6.07) is 6.55. The molecule has 1 N–H and O–H groups in total. The predicted octanol–water partition coefficient (Wildman–Crippen LogP) is 1.11.